The van der Waals surface area contributed by atoms with Crippen LogP contribution in [0.2, 0.25) is 0 Å². The molecule has 0 atom stereocenters. The number of phenols is 8. The summed E-state index contributed by atoms with van der Waals surface area (Å²) in [6, 6.07) is 31.4. The van der Waals surface area contributed by atoms with E-state index in [4.69, 9.17) is 40.9 Å². The SMILES string of the molecule is Oc1ccc(O)cc1.Oc1cccc(O)c1.Oc1cccc(S)c1.Oc1ccccc1O.Oc1ccccc1S. The Kier molecular flexibility index (Phi) is 15.3. The minimum Gasteiger partial charge on any atom is -0.508 e. The smallest absolute Gasteiger partial charge is 0.157 e. The van der Waals surface area contributed by atoms with E-state index >= 15 is 0 Å². The van der Waals surface area contributed by atoms with Crippen molar-refractivity contribution < 1.29 is 40.9 Å². The minimum atomic E-state index is -0.0764. The zero-order chi connectivity index (χ0) is 29.9. The van der Waals surface area contributed by atoms with E-state index in [1.165, 1.54) is 54.6 Å². The number of phenolic OH excluding ortho intramolecular Hbond substituents is 8. The summed E-state index contributed by atoms with van der Waals surface area (Å²) in [5.74, 6) is 0.855. The molecule has 0 aromatic heterocycles. The van der Waals surface area contributed by atoms with Crippen LogP contribution in [0.5, 0.6) is 46.0 Å². The highest BCUT2D eigenvalue weighted by Gasteiger charge is 1.91. The summed E-state index contributed by atoms with van der Waals surface area (Å²) in [4.78, 5) is 1.40. The number of hydrogen-bond donors (Lipinski definition) is 10. The normalized spacial score (nSPS) is 9.05. The molecule has 40 heavy (non-hydrogen) atoms. The number of aromatic hydroxyl groups is 8. The molecule has 0 radical (unpaired) electrons. The van der Waals surface area contributed by atoms with Crippen molar-refractivity contribution in [1.29, 1.82) is 0 Å². The maximum absolute atomic E-state index is 8.84. The highest BCUT2D eigenvalue weighted by molar-refractivity contribution is 7.80. The van der Waals surface area contributed by atoms with Crippen LogP contribution in [0.3, 0.4) is 0 Å². The average molecular weight is 583 g/mol. The van der Waals surface area contributed by atoms with Crippen molar-refractivity contribution in [2.24, 2.45) is 0 Å². The summed E-state index contributed by atoms with van der Waals surface area (Å²) in [5, 5.41) is 69.5. The first-order valence-corrected chi connectivity index (χ1v) is 12.2. The lowest BCUT2D eigenvalue weighted by Gasteiger charge is -1.91. The molecule has 8 N–H and O–H groups in total. The second-order valence-corrected chi connectivity index (χ2v) is 8.53. The van der Waals surface area contributed by atoms with Crippen LogP contribution in [0, 0.1) is 0 Å². The molecule has 0 fully saturated rings. The van der Waals surface area contributed by atoms with Gasteiger partial charge in [-0.25, -0.2) is 0 Å². The highest BCUT2D eigenvalue weighted by atomic mass is 32.1. The molecule has 0 heterocycles. The van der Waals surface area contributed by atoms with Crippen molar-refractivity contribution in [1.82, 2.24) is 0 Å². The van der Waals surface area contributed by atoms with E-state index in [1.54, 1.807) is 54.6 Å². The Bertz CT molecular complexity index is 1230. The maximum atomic E-state index is 8.84. The van der Waals surface area contributed by atoms with Crippen molar-refractivity contribution in [3.05, 3.63) is 121 Å². The van der Waals surface area contributed by atoms with Crippen molar-refractivity contribution >= 4 is 25.3 Å². The molecule has 0 bridgehead atoms. The van der Waals surface area contributed by atoms with Gasteiger partial charge in [0, 0.05) is 15.9 Å². The predicted molar refractivity (Wildman–Crippen MR) is 160 cm³/mol. The Morgan fingerprint density at radius 1 is 0.325 bits per heavy atom. The molecular formula is C30H30O8S2. The Balaban J connectivity index is 0.000000250. The van der Waals surface area contributed by atoms with E-state index in [9.17, 15) is 0 Å². The summed E-state index contributed by atoms with van der Waals surface area (Å²) in [6.07, 6.45) is 0. The lowest BCUT2D eigenvalue weighted by Crippen LogP contribution is -1.64. The second kappa shape index (κ2) is 18.5. The lowest BCUT2D eigenvalue weighted by molar-refractivity contribution is 0.404. The summed E-state index contributed by atoms with van der Waals surface area (Å²) in [6.45, 7) is 0. The Morgan fingerprint density at radius 2 is 0.700 bits per heavy atom. The predicted octanol–water partition coefficient (Wildman–Crippen LogP) is 6.66. The lowest BCUT2D eigenvalue weighted by atomic mass is 10.3. The van der Waals surface area contributed by atoms with Crippen LogP contribution in [0.15, 0.2) is 131 Å². The molecule has 0 aliphatic carbocycles. The van der Waals surface area contributed by atoms with E-state index in [-0.39, 0.29) is 46.0 Å². The molecule has 210 valence electrons. The number of benzene rings is 5. The molecule has 0 aliphatic rings. The van der Waals surface area contributed by atoms with Gasteiger partial charge in [-0.15, -0.1) is 25.3 Å². The molecule has 5 aromatic rings. The third-order valence-electron chi connectivity index (χ3n) is 4.27. The third-order valence-corrected chi connectivity index (χ3v) is 4.93. The monoisotopic (exact) mass is 582 g/mol. The minimum absolute atomic E-state index is 0.0764. The van der Waals surface area contributed by atoms with Gasteiger partial charge in [0.2, 0.25) is 0 Å². The molecule has 10 heteroatoms. The molecule has 0 amide bonds. The topological polar surface area (TPSA) is 162 Å². The van der Waals surface area contributed by atoms with E-state index in [2.05, 4.69) is 25.3 Å². The van der Waals surface area contributed by atoms with Gasteiger partial charge in [0.05, 0.1) is 0 Å². The third kappa shape index (κ3) is 15.5. The summed E-state index contributed by atoms with van der Waals surface area (Å²) < 4.78 is 0. The zero-order valence-electron chi connectivity index (χ0n) is 21.0. The Labute approximate surface area is 242 Å². The molecule has 0 unspecified atom stereocenters. The fraction of sp³-hybridized carbons (Fsp3) is 0. The van der Waals surface area contributed by atoms with Crippen molar-refractivity contribution in [3.8, 4) is 46.0 Å². The van der Waals surface area contributed by atoms with Gasteiger partial charge in [-0.05, 0) is 78.9 Å². The largest absolute Gasteiger partial charge is 0.508 e. The fourth-order valence-electron chi connectivity index (χ4n) is 2.37. The first-order chi connectivity index (χ1) is 19.0. The number of rotatable bonds is 0. The molecule has 0 spiro atoms. The van der Waals surface area contributed by atoms with Gasteiger partial charge in [-0.3, -0.25) is 0 Å². The Morgan fingerprint density at radius 3 is 0.950 bits per heavy atom. The number of hydrogen-bond acceptors (Lipinski definition) is 10. The van der Waals surface area contributed by atoms with Gasteiger partial charge in [0.25, 0.3) is 0 Å². The maximum Gasteiger partial charge on any atom is 0.157 e. The molecule has 0 saturated heterocycles. The fourth-order valence-corrected chi connectivity index (χ4v) is 2.75. The van der Waals surface area contributed by atoms with Gasteiger partial charge in [0.15, 0.2) is 11.5 Å². The Hall–Kier alpha value is -4.80. The standard InChI is InChI=1S/3C6H6O2.2C6H6OS/c7-5-1-2-6(8)4-3-5;7-5-2-1-3-6(8)4-5;7-5-3-1-2-4-6(5)8;7-5-2-1-3-6(8)4-5;7-5-3-1-2-4-6(5)8/h5*1-4,7-8H. The van der Waals surface area contributed by atoms with Gasteiger partial charge in [0.1, 0.15) is 34.5 Å². The number of para-hydroxylation sites is 3. The van der Waals surface area contributed by atoms with Crippen LogP contribution in [0.25, 0.3) is 0 Å². The van der Waals surface area contributed by atoms with Gasteiger partial charge < -0.3 is 40.9 Å². The van der Waals surface area contributed by atoms with Crippen molar-refractivity contribution in [2.45, 2.75) is 9.79 Å². The van der Waals surface area contributed by atoms with Gasteiger partial charge >= 0.3 is 0 Å². The summed E-state index contributed by atoms with van der Waals surface area (Å²) >= 11 is 7.94. The highest BCUT2D eigenvalue weighted by Crippen LogP contribution is 2.21. The van der Waals surface area contributed by atoms with Crippen LogP contribution < -0.4 is 0 Å². The summed E-state index contributed by atoms with van der Waals surface area (Å²) in [7, 11) is 0. The zero-order valence-corrected chi connectivity index (χ0v) is 22.8. The second-order valence-electron chi connectivity index (χ2n) is 7.53. The molecular weight excluding hydrogens is 552 g/mol. The van der Waals surface area contributed by atoms with Crippen LogP contribution >= 0.6 is 25.3 Å². The summed E-state index contributed by atoms with van der Waals surface area (Å²) in [5.41, 5.74) is 0. The molecule has 5 aromatic carbocycles. The quantitative estimate of drug-likeness (QED) is 0.0551. The average Bonchev–Trinajstić information content (AvgIpc) is 2.91. The molecule has 0 aliphatic heterocycles. The van der Waals surface area contributed by atoms with Crippen LogP contribution in [-0.2, 0) is 0 Å². The molecule has 8 nitrogen and oxygen atoms in total. The van der Waals surface area contributed by atoms with Crippen LogP contribution in [0.4, 0.5) is 0 Å². The van der Waals surface area contributed by atoms with E-state index in [1.807, 2.05) is 12.1 Å². The van der Waals surface area contributed by atoms with E-state index in [0.29, 0.717) is 4.90 Å². The van der Waals surface area contributed by atoms with Crippen LogP contribution in [-0.4, -0.2) is 40.9 Å². The van der Waals surface area contributed by atoms with E-state index < -0.39 is 0 Å². The molecule has 5 rings (SSSR count). The van der Waals surface area contributed by atoms with Crippen LogP contribution in [0.1, 0.15) is 0 Å². The van der Waals surface area contributed by atoms with Crippen molar-refractivity contribution in [3.63, 3.8) is 0 Å². The van der Waals surface area contributed by atoms with Crippen molar-refractivity contribution in [2.75, 3.05) is 0 Å². The first kappa shape index (κ1) is 33.2. The van der Waals surface area contributed by atoms with Gasteiger partial charge in [-0.1, -0.05) is 36.4 Å². The van der Waals surface area contributed by atoms with Gasteiger partial charge in [-0.2, -0.15) is 0 Å². The number of thiol groups is 2. The van der Waals surface area contributed by atoms with E-state index in [0.717, 1.165) is 4.90 Å². The molecule has 0 saturated carbocycles. The first-order valence-electron chi connectivity index (χ1n) is 11.4.